The third-order valence-electron chi connectivity index (χ3n) is 7.83. The molecule has 1 amide bonds. The van der Waals surface area contributed by atoms with E-state index in [1.807, 2.05) is 31.1 Å². The SMILES string of the molecule is CO[C@H](c1cccc(N2Cc3c(cc(CNC4(C)CCC4)cc3C(F)(F)F)C2=O)c1)C1N(C)C=NN1C. The van der Waals surface area contributed by atoms with E-state index in [2.05, 4.69) is 17.3 Å². The first kappa shape index (κ1) is 25.5. The van der Waals surface area contributed by atoms with Gasteiger partial charge in [-0.25, -0.2) is 0 Å². The van der Waals surface area contributed by atoms with Crippen molar-refractivity contribution >= 4 is 17.9 Å². The van der Waals surface area contributed by atoms with Gasteiger partial charge in [-0.1, -0.05) is 12.1 Å². The number of methoxy groups -OCH3 is 1. The van der Waals surface area contributed by atoms with Crippen LogP contribution >= 0.6 is 0 Å². The van der Waals surface area contributed by atoms with Crippen LogP contribution in [0.5, 0.6) is 0 Å². The summed E-state index contributed by atoms with van der Waals surface area (Å²) in [7, 11) is 5.34. The van der Waals surface area contributed by atoms with Gasteiger partial charge < -0.3 is 19.9 Å². The van der Waals surface area contributed by atoms with E-state index in [4.69, 9.17) is 4.74 Å². The number of nitrogens with one attached hydrogen (secondary N) is 1. The number of carbonyl (C=O) groups excluding carboxylic acids is 1. The molecule has 1 aliphatic carbocycles. The number of ether oxygens (including phenoxy) is 1. The van der Waals surface area contributed by atoms with Crippen molar-refractivity contribution in [2.45, 2.75) is 63.3 Å². The molecule has 3 aliphatic rings. The Kier molecular flexibility index (Phi) is 6.44. The highest BCUT2D eigenvalue weighted by atomic mass is 19.4. The van der Waals surface area contributed by atoms with Crippen LogP contribution in [0.2, 0.25) is 0 Å². The van der Waals surface area contributed by atoms with Crippen molar-refractivity contribution in [1.82, 2.24) is 15.2 Å². The minimum atomic E-state index is -4.56. The Balaban J connectivity index is 1.45. The Hall–Kier alpha value is -3.11. The average Bonchev–Trinajstić information content (AvgIpc) is 3.35. The highest BCUT2D eigenvalue weighted by molar-refractivity contribution is 6.10. The molecule has 0 radical (unpaired) electrons. The predicted molar refractivity (Wildman–Crippen MR) is 135 cm³/mol. The summed E-state index contributed by atoms with van der Waals surface area (Å²) in [5.41, 5.74) is 1.13. The first-order chi connectivity index (χ1) is 17.5. The van der Waals surface area contributed by atoms with Crippen LogP contribution in [0.15, 0.2) is 41.5 Å². The number of hydrogen-bond acceptors (Lipinski definition) is 6. The lowest BCUT2D eigenvalue weighted by atomic mass is 9.78. The van der Waals surface area contributed by atoms with Crippen LogP contribution in [-0.4, -0.2) is 55.1 Å². The summed E-state index contributed by atoms with van der Waals surface area (Å²) in [6, 6.07) is 10.0. The van der Waals surface area contributed by atoms with E-state index >= 15 is 0 Å². The molecule has 37 heavy (non-hydrogen) atoms. The lowest BCUT2D eigenvalue weighted by Gasteiger charge is -2.39. The lowest BCUT2D eigenvalue weighted by Crippen LogP contribution is -2.47. The number of likely N-dealkylation sites (N-methyl/N-ethyl adjacent to an activating group) is 2. The standard InChI is InChI=1S/C27H32F3N5O2/c1-26(9-6-10-26)31-14-17-11-20-21(22(12-17)27(28,29)30)15-35(25(20)36)19-8-5-7-18(13-19)23(37-4)24-33(2)16-32-34(24)3/h5,7-8,11-13,16,23-24,31H,6,9-10,14-15H2,1-4H3/t23-,24?/m1/s1. The Morgan fingerprint density at radius 2 is 1.97 bits per heavy atom. The number of nitrogens with zero attached hydrogens (tertiary/aromatic N) is 4. The number of alkyl halides is 3. The Labute approximate surface area is 214 Å². The summed E-state index contributed by atoms with van der Waals surface area (Å²) in [5.74, 6) is -0.429. The van der Waals surface area contributed by atoms with Gasteiger partial charge in [0.15, 0.2) is 0 Å². The maximum atomic E-state index is 14.1. The van der Waals surface area contributed by atoms with Gasteiger partial charge in [0.05, 0.1) is 12.1 Å². The fourth-order valence-electron chi connectivity index (χ4n) is 5.50. The van der Waals surface area contributed by atoms with Gasteiger partial charge >= 0.3 is 6.18 Å². The molecule has 7 nitrogen and oxygen atoms in total. The molecule has 0 bridgehead atoms. The molecule has 198 valence electrons. The van der Waals surface area contributed by atoms with Crippen LogP contribution in [0.4, 0.5) is 18.9 Å². The summed E-state index contributed by atoms with van der Waals surface area (Å²) in [5, 5.41) is 9.45. The van der Waals surface area contributed by atoms with Gasteiger partial charge in [0.1, 0.15) is 18.6 Å². The molecule has 10 heteroatoms. The van der Waals surface area contributed by atoms with Crippen LogP contribution in [-0.2, 0) is 24.0 Å². The van der Waals surface area contributed by atoms with Gasteiger partial charge in [0.25, 0.3) is 5.91 Å². The molecule has 1 unspecified atom stereocenters. The van der Waals surface area contributed by atoms with Crippen LogP contribution in [0, 0.1) is 0 Å². The number of hydrazone groups is 1. The molecule has 0 spiro atoms. The van der Waals surface area contributed by atoms with Gasteiger partial charge in [-0.3, -0.25) is 9.80 Å². The van der Waals surface area contributed by atoms with E-state index in [0.717, 1.165) is 24.8 Å². The summed E-state index contributed by atoms with van der Waals surface area (Å²) >= 11 is 0. The van der Waals surface area contributed by atoms with E-state index in [1.54, 1.807) is 36.7 Å². The van der Waals surface area contributed by atoms with E-state index in [9.17, 15) is 18.0 Å². The van der Waals surface area contributed by atoms with Crippen molar-refractivity contribution in [3.8, 4) is 0 Å². The maximum absolute atomic E-state index is 14.1. The number of amides is 1. The zero-order chi connectivity index (χ0) is 26.5. The minimum absolute atomic E-state index is 0.0217. The Bertz CT molecular complexity index is 1220. The molecule has 1 saturated carbocycles. The highest BCUT2D eigenvalue weighted by Crippen LogP contribution is 2.40. The van der Waals surface area contributed by atoms with Crippen LogP contribution in [0.1, 0.15) is 64.9 Å². The predicted octanol–water partition coefficient (Wildman–Crippen LogP) is 4.73. The highest BCUT2D eigenvalue weighted by Gasteiger charge is 2.41. The first-order valence-corrected chi connectivity index (χ1v) is 12.4. The number of benzene rings is 2. The normalized spacial score (nSPS) is 21.4. The zero-order valence-electron chi connectivity index (χ0n) is 21.5. The van der Waals surface area contributed by atoms with Crippen LogP contribution in [0.3, 0.4) is 0 Å². The number of hydrogen-bond donors (Lipinski definition) is 1. The quantitative estimate of drug-likeness (QED) is 0.578. The van der Waals surface area contributed by atoms with Crippen LogP contribution in [0.25, 0.3) is 0 Å². The Morgan fingerprint density at radius 1 is 1.22 bits per heavy atom. The molecule has 0 saturated heterocycles. The second-order valence-corrected chi connectivity index (χ2v) is 10.5. The van der Waals surface area contributed by atoms with E-state index in [-0.39, 0.29) is 35.9 Å². The molecule has 1 fully saturated rings. The summed E-state index contributed by atoms with van der Waals surface area (Å²) in [6.07, 6.45) is -0.347. The second kappa shape index (κ2) is 9.33. The Morgan fingerprint density at radius 3 is 2.57 bits per heavy atom. The molecule has 2 aromatic rings. The fraction of sp³-hybridized carbons (Fsp3) is 0.481. The van der Waals surface area contributed by atoms with Gasteiger partial charge in [0.2, 0.25) is 0 Å². The summed E-state index contributed by atoms with van der Waals surface area (Å²) in [4.78, 5) is 16.8. The molecule has 2 heterocycles. The number of carbonyl (C=O) groups is 1. The molecule has 2 atom stereocenters. The fourth-order valence-corrected chi connectivity index (χ4v) is 5.50. The number of rotatable bonds is 7. The van der Waals surface area contributed by atoms with Crippen molar-refractivity contribution < 1.29 is 22.7 Å². The van der Waals surface area contributed by atoms with Crippen molar-refractivity contribution in [3.05, 3.63) is 64.2 Å². The van der Waals surface area contributed by atoms with Gasteiger partial charge in [0, 0.05) is 44.5 Å². The molecule has 2 aliphatic heterocycles. The van der Waals surface area contributed by atoms with Gasteiger partial charge in [-0.15, -0.1) is 0 Å². The topological polar surface area (TPSA) is 60.4 Å². The van der Waals surface area contributed by atoms with Crippen molar-refractivity contribution in [3.63, 3.8) is 0 Å². The van der Waals surface area contributed by atoms with Crippen molar-refractivity contribution in [2.24, 2.45) is 5.10 Å². The zero-order valence-corrected chi connectivity index (χ0v) is 21.5. The molecule has 2 aromatic carbocycles. The molecule has 5 rings (SSSR count). The maximum Gasteiger partial charge on any atom is 0.416 e. The molecule has 0 aromatic heterocycles. The van der Waals surface area contributed by atoms with E-state index in [1.165, 1.54) is 11.0 Å². The molecular weight excluding hydrogens is 483 g/mol. The van der Waals surface area contributed by atoms with Gasteiger partial charge in [-0.05, 0) is 67.1 Å². The molecular formula is C27H32F3N5O2. The average molecular weight is 516 g/mol. The number of halogens is 3. The van der Waals surface area contributed by atoms with E-state index in [0.29, 0.717) is 11.3 Å². The van der Waals surface area contributed by atoms with E-state index < -0.39 is 23.8 Å². The third kappa shape index (κ3) is 4.68. The lowest BCUT2D eigenvalue weighted by molar-refractivity contribution is -0.138. The minimum Gasteiger partial charge on any atom is -0.373 e. The summed E-state index contributed by atoms with van der Waals surface area (Å²) in [6.45, 7) is 2.23. The van der Waals surface area contributed by atoms with Gasteiger partial charge in [-0.2, -0.15) is 18.3 Å². The van der Waals surface area contributed by atoms with Crippen molar-refractivity contribution in [2.75, 3.05) is 26.1 Å². The van der Waals surface area contributed by atoms with Crippen LogP contribution < -0.4 is 10.2 Å². The third-order valence-corrected chi connectivity index (χ3v) is 7.83. The number of fused-ring (bicyclic) bond motifs is 1. The summed E-state index contributed by atoms with van der Waals surface area (Å²) < 4.78 is 48.1. The monoisotopic (exact) mass is 515 g/mol. The number of anilines is 1. The second-order valence-electron chi connectivity index (χ2n) is 10.5. The van der Waals surface area contributed by atoms with Crippen molar-refractivity contribution in [1.29, 1.82) is 0 Å². The molecule has 1 N–H and O–H groups in total. The first-order valence-electron chi connectivity index (χ1n) is 12.4. The smallest absolute Gasteiger partial charge is 0.373 e. The largest absolute Gasteiger partial charge is 0.416 e.